The molecule has 72 valence electrons. The number of methoxy groups -OCH3 is 1. The monoisotopic (exact) mass is 190 g/mol. The van der Waals surface area contributed by atoms with Gasteiger partial charge in [0.2, 0.25) is 0 Å². The Morgan fingerprint density at radius 1 is 1.43 bits per heavy atom. The molecule has 2 rings (SSSR count). The Balaban J connectivity index is 2.56. The average molecular weight is 190 g/mol. The van der Waals surface area contributed by atoms with Gasteiger partial charge < -0.3 is 9.47 Å². The number of para-hydroxylation sites is 1. The van der Waals surface area contributed by atoms with Crippen molar-refractivity contribution < 1.29 is 14.3 Å². The molecule has 1 aliphatic heterocycles. The van der Waals surface area contributed by atoms with Crippen molar-refractivity contribution in [3.05, 3.63) is 35.9 Å². The lowest BCUT2D eigenvalue weighted by Crippen LogP contribution is -2.00. The fourth-order valence-corrected chi connectivity index (χ4v) is 1.40. The van der Waals surface area contributed by atoms with Gasteiger partial charge in [-0.25, -0.2) is 0 Å². The molecule has 1 aromatic rings. The second kappa shape index (κ2) is 3.54. The predicted molar refractivity (Wildman–Crippen MR) is 52.0 cm³/mol. The first-order chi connectivity index (χ1) is 6.83. The van der Waals surface area contributed by atoms with E-state index in [2.05, 4.69) is 0 Å². The number of allylic oxidation sites excluding steroid dienone is 1. The third-order valence-electron chi connectivity index (χ3n) is 2.06. The van der Waals surface area contributed by atoms with Crippen LogP contribution in [-0.4, -0.2) is 19.5 Å². The minimum absolute atomic E-state index is 0.0450. The highest BCUT2D eigenvalue weighted by Crippen LogP contribution is 2.32. The van der Waals surface area contributed by atoms with Crippen molar-refractivity contribution in [2.75, 3.05) is 13.7 Å². The summed E-state index contributed by atoms with van der Waals surface area (Å²) < 4.78 is 10.5. The van der Waals surface area contributed by atoms with Gasteiger partial charge in [-0.2, -0.15) is 0 Å². The fraction of sp³-hybridized carbons (Fsp3) is 0.182. The minimum atomic E-state index is -0.0450. The van der Waals surface area contributed by atoms with Gasteiger partial charge in [0, 0.05) is 0 Å². The maximum atomic E-state index is 11.6. The highest BCUT2D eigenvalue weighted by Gasteiger charge is 2.16. The SMILES string of the molecule is COc1cccc2c1OCC=CC2=O. The van der Waals surface area contributed by atoms with Crippen molar-refractivity contribution in [3.63, 3.8) is 0 Å². The van der Waals surface area contributed by atoms with Gasteiger partial charge in [0.1, 0.15) is 6.61 Å². The van der Waals surface area contributed by atoms with Crippen molar-refractivity contribution >= 4 is 5.78 Å². The summed E-state index contributed by atoms with van der Waals surface area (Å²) in [5.74, 6) is 1.08. The van der Waals surface area contributed by atoms with Gasteiger partial charge in [0.15, 0.2) is 17.3 Å². The van der Waals surface area contributed by atoms with Crippen molar-refractivity contribution in [1.29, 1.82) is 0 Å². The zero-order valence-electron chi connectivity index (χ0n) is 7.82. The van der Waals surface area contributed by atoms with Crippen LogP contribution >= 0.6 is 0 Å². The molecule has 0 N–H and O–H groups in total. The highest BCUT2D eigenvalue weighted by molar-refractivity contribution is 6.07. The molecular formula is C11H10O3. The number of ketones is 1. The molecule has 0 fully saturated rings. The zero-order valence-corrected chi connectivity index (χ0v) is 7.82. The van der Waals surface area contributed by atoms with Gasteiger partial charge >= 0.3 is 0 Å². The molecule has 14 heavy (non-hydrogen) atoms. The van der Waals surface area contributed by atoms with Crippen molar-refractivity contribution in [2.45, 2.75) is 0 Å². The van der Waals surface area contributed by atoms with E-state index < -0.39 is 0 Å². The number of carbonyl (C=O) groups excluding carboxylic acids is 1. The molecule has 3 heteroatoms. The van der Waals surface area contributed by atoms with Gasteiger partial charge in [-0.3, -0.25) is 4.79 Å². The normalized spacial score (nSPS) is 14.2. The summed E-state index contributed by atoms with van der Waals surface area (Å²) in [4.78, 5) is 11.6. The highest BCUT2D eigenvalue weighted by atomic mass is 16.5. The number of benzene rings is 1. The topological polar surface area (TPSA) is 35.5 Å². The number of hydrogen-bond donors (Lipinski definition) is 0. The van der Waals surface area contributed by atoms with Crippen LogP contribution in [0.25, 0.3) is 0 Å². The fourth-order valence-electron chi connectivity index (χ4n) is 1.40. The summed E-state index contributed by atoms with van der Waals surface area (Å²) in [5.41, 5.74) is 0.554. The van der Waals surface area contributed by atoms with E-state index in [1.807, 2.05) is 0 Å². The van der Waals surface area contributed by atoms with Crippen LogP contribution in [0.1, 0.15) is 10.4 Å². The van der Waals surface area contributed by atoms with E-state index in [1.165, 1.54) is 6.08 Å². The zero-order chi connectivity index (χ0) is 9.97. The van der Waals surface area contributed by atoms with Gasteiger partial charge in [-0.15, -0.1) is 0 Å². The largest absolute Gasteiger partial charge is 0.493 e. The van der Waals surface area contributed by atoms with Crippen LogP contribution in [0.15, 0.2) is 30.4 Å². The van der Waals surface area contributed by atoms with Gasteiger partial charge in [-0.05, 0) is 24.3 Å². The number of fused-ring (bicyclic) bond motifs is 1. The molecule has 0 bridgehead atoms. The standard InChI is InChI=1S/C11H10O3/c1-13-10-6-2-4-8-9(12)5-3-7-14-11(8)10/h2-6H,7H2,1H3. The van der Waals surface area contributed by atoms with E-state index in [9.17, 15) is 4.79 Å². The number of hydrogen-bond acceptors (Lipinski definition) is 3. The van der Waals surface area contributed by atoms with Gasteiger partial charge in [-0.1, -0.05) is 6.07 Å². The first-order valence-corrected chi connectivity index (χ1v) is 4.33. The molecule has 1 heterocycles. The van der Waals surface area contributed by atoms with Gasteiger partial charge in [0.05, 0.1) is 12.7 Å². The molecular weight excluding hydrogens is 180 g/mol. The summed E-state index contributed by atoms with van der Waals surface area (Å²) in [6.45, 7) is 0.402. The molecule has 0 amide bonds. The average Bonchev–Trinajstić information content (AvgIpc) is 2.41. The van der Waals surface area contributed by atoms with Crippen LogP contribution in [0.2, 0.25) is 0 Å². The van der Waals surface area contributed by atoms with E-state index in [-0.39, 0.29) is 5.78 Å². The van der Waals surface area contributed by atoms with Crippen LogP contribution in [-0.2, 0) is 0 Å². The van der Waals surface area contributed by atoms with Crippen LogP contribution in [0, 0.1) is 0 Å². The second-order valence-electron chi connectivity index (χ2n) is 2.91. The predicted octanol–water partition coefficient (Wildman–Crippen LogP) is 1.83. The van der Waals surface area contributed by atoms with Crippen molar-refractivity contribution in [3.8, 4) is 11.5 Å². The Morgan fingerprint density at radius 3 is 3.07 bits per heavy atom. The summed E-state index contributed by atoms with van der Waals surface area (Å²) in [5, 5.41) is 0. The Bertz CT molecular complexity index is 394. The molecule has 0 aromatic heterocycles. The third-order valence-corrected chi connectivity index (χ3v) is 2.06. The van der Waals surface area contributed by atoms with E-state index in [0.717, 1.165) is 0 Å². The Hall–Kier alpha value is -1.77. The lowest BCUT2D eigenvalue weighted by molar-refractivity contribution is 0.104. The van der Waals surface area contributed by atoms with E-state index in [1.54, 1.807) is 31.4 Å². The molecule has 0 radical (unpaired) electrons. The number of rotatable bonds is 1. The molecule has 0 atom stereocenters. The van der Waals surface area contributed by atoms with Gasteiger partial charge in [0.25, 0.3) is 0 Å². The van der Waals surface area contributed by atoms with Crippen LogP contribution in [0.3, 0.4) is 0 Å². The quantitative estimate of drug-likeness (QED) is 0.677. The smallest absolute Gasteiger partial charge is 0.189 e. The molecule has 0 saturated carbocycles. The molecule has 0 saturated heterocycles. The summed E-state index contributed by atoms with van der Waals surface area (Å²) in [6.07, 6.45) is 3.22. The van der Waals surface area contributed by atoms with E-state index in [4.69, 9.17) is 9.47 Å². The van der Waals surface area contributed by atoms with Crippen LogP contribution in [0.5, 0.6) is 11.5 Å². The molecule has 1 aliphatic rings. The van der Waals surface area contributed by atoms with Crippen molar-refractivity contribution in [2.24, 2.45) is 0 Å². The summed E-state index contributed by atoms with van der Waals surface area (Å²) >= 11 is 0. The van der Waals surface area contributed by atoms with E-state index >= 15 is 0 Å². The summed E-state index contributed by atoms with van der Waals surface area (Å²) in [7, 11) is 1.56. The summed E-state index contributed by atoms with van der Waals surface area (Å²) in [6, 6.07) is 5.28. The number of ether oxygens (including phenoxy) is 2. The maximum absolute atomic E-state index is 11.6. The molecule has 0 aliphatic carbocycles. The lowest BCUT2D eigenvalue weighted by atomic mass is 10.1. The Labute approximate surface area is 81.9 Å². The van der Waals surface area contributed by atoms with Crippen molar-refractivity contribution in [1.82, 2.24) is 0 Å². The van der Waals surface area contributed by atoms with Crippen LogP contribution < -0.4 is 9.47 Å². The first kappa shape index (κ1) is 8.81. The second-order valence-corrected chi connectivity index (χ2v) is 2.91. The minimum Gasteiger partial charge on any atom is -0.493 e. The van der Waals surface area contributed by atoms with E-state index in [0.29, 0.717) is 23.7 Å². The molecule has 0 spiro atoms. The first-order valence-electron chi connectivity index (χ1n) is 4.33. The van der Waals surface area contributed by atoms with Crippen LogP contribution in [0.4, 0.5) is 0 Å². The molecule has 1 aromatic carbocycles. The third kappa shape index (κ3) is 1.37. The lowest BCUT2D eigenvalue weighted by Gasteiger charge is -2.10. The molecule has 0 unspecified atom stereocenters. The Kier molecular flexibility index (Phi) is 2.23. The number of carbonyl (C=O) groups is 1. The Morgan fingerprint density at radius 2 is 2.29 bits per heavy atom. The molecule has 3 nitrogen and oxygen atoms in total. The maximum Gasteiger partial charge on any atom is 0.189 e.